The molecule has 0 radical (unpaired) electrons. The van der Waals surface area contributed by atoms with Crippen molar-refractivity contribution in [1.82, 2.24) is 0 Å². The number of methoxy groups -OCH3 is 1. The van der Waals surface area contributed by atoms with Gasteiger partial charge in [0.1, 0.15) is 18.1 Å². The van der Waals surface area contributed by atoms with Crippen molar-refractivity contribution in [1.29, 1.82) is 0 Å². The molecule has 0 saturated heterocycles. The second-order valence-electron chi connectivity index (χ2n) is 4.50. The first-order valence-electron chi connectivity index (χ1n) is 6.30. The minimum absolute atomic E-state index is 0.0142. The van der Waals surface area contributed by atoms with E-state index in [1.807, 2.05) is 55.5 Å². The standard InChI is InChI=1S/C16H19NO2/c1-12(17)14-6-4-8-16(10-14)19-11-13-5-3-7-15(9-13)18-2/h3-10,12H,11,17H2,1-2H3/t12-/m0/s1. The van der Waals surface area contributed by atoms with Gasteiger partial charge in [-0.3, -0.25) is 0 Å². The molecular formula is C16H19NO2. The molecule has 2 aromatic rings. The third-order valence-electron chi connectivity index (χ3n) is 2.92. The van der Waals surface area contributed by atoms with Crippen molar-refractivity contribution in [2.45, 2.75) is 19.6 Å². The molecule has 0 saturated carbocycles. The third kappa shape index (κ3) is 3.73. The maximum Gasteiger partial charge on any atom is 0.120 e. The Morgan fingerprint density at radius 3 is 2.53 bits per heavy atom. The molecule has 0 aliphatic carbocycles. The summed E-state index contributed by atoms with van der Waals surface area (Å²) >= 11 is 0. The van der Waals surface area contributed by atoms with Gasteiger partial charge in [0.15, 0.2) is 0 Å². The van der Waals surface area contributed by atoms with Gasteiger partial charge in [-0.05, 0) is 42.3 Å². The van der Waals surface area contributed by atoms with Gasteiger partial charge in [-0.15, -0.1) is 0 Å². The summed E-state index contributed by atoms with van der Waals surface area (Å²) in [7, 11) is 1.66. The van der Waals surface area contributed by atoms with Crippen molar-refractivity contribution in [2.24, 2.45) is 5.73 Å². The van der Waals surface area contributed by atoms with Gasteiger partial charge >= 0.3 is 0 Å². The first kappa shape index (κ1) is 13.4. The normalized spacial score (nSPS) is 11.9. The second-order valence-corrected chi connectivity index (χ2v) is 4.50. The monoisotopic (exact) mass is 257 g/mol. The van der Waals surface area contributed by atoms with E-state index in [4.69, 9.17) is 15.2 Å². The molecule has 3 heteroatoms. The summed E-state index contributed by atoms with van der Waals surface area (Å²) in [4.78, 5) is 0. The smallest absolute Gasteiger partial charge is 0.120 e. The van der Waals surface area contributed by atoms with Crippen molar-refractivity contribution >= 4 is 0 Å². The largest absolute Gasteiger partial charge is 0.497 e. The molecule has 0 aromatic heterocycles. The van der Waals surface area contributed by atoms with Gasteiger partial charge in [0.05, 0.1) is 7.11 Å². The van der Waals surface area contributed by atoms with Gasteiger partial charge < -0.3 is 15.2 Å². The van der Waals surface area contributed by atoms with Gasteiger partial charge in [-0.1, -0.05) is 24.3 Å². The second kappa shape index (κ2) is 6.25. The van der Waals surface area contributed by atoms with Crippen LogP contribution >= 0.6 is 0 Å². The molecule has 3 nitrogen and oxygen atoms in total. The summed E-state index contributed by atoms with van der Waals surface area (Å²) in [6, 6.07) is 15.7. The number of nitrogens with two attached hydrogens (primary N) is 1. The molecule has 100 valence electrons. The summed E-state index contributed by atoms with van der Waals surface area (Å²) in [5, 5.41) is 0. The fourth-order valence-corrected chi connectivity index (χ4v) is 1.82. The van der Waals surface area contributed by atoms with E-state index in [1.54, 1.807) is 7.11 Å². The van der Waals surface area contributed by atoms with Gasteiger partial charge in [0, 0.05) is 6.04 Å². The van der Waals surface area contributed by atoms with E-state index in [0.29, 0.717) is 6.61 Å². The van der Waals surface area contributed by atoms with Crippen LogP contribution < -0.4 is 15.2 Å². The molecule has 0 fully saturated rings. The molecule has 0 amide bonds. The summed E-state index contributed by atoms with van der Waals surface area (Å²) in [5.74, 6) is 1.67. The number of hydrogen-bond donors (Lipinski definition) is 1. The van der Waals surface area contributed by atoms with Crippen LogP contribution in [-0.2, 0) is 6.61 Å². The van der Waals surface area contributed by atoms with Crippen LogP contribution in [0.2, 0.25) is 0 Å². The van der Waals surface area contributed by atoms with Crippen LogP contribution in [0.3, 0.4) is 0 Å². The number of ether oxygens (including phenoxy) is 2. The minimum atomic E-state index is 0.0142. The molecule has 2 rings (SSSR count). The van der Waals surface area contributed by atoms with Gasteiger partial charge in [0.25, 0.3) is 0 Å². The highest BCUT2D eigenvalue weighted by atomic mass is 16.5. The SMILES string of the molecule is COc1cccc(COc2cccc([C@H](C)N)c2)c1. The fourth-order valence-electron chi connectivity index (χ4n) is 1.82. The van der Waals surface area contributed by atoms with E-state index in [-0.39, 0.29) is 6.04 Å². The fraction of sp³-hybridized carbons (Fsp3) is 0.250. The van der Waals surface area contributed by atoms with Crippen molar-refractivity contribution in [3.63, 3.8) is 0 Å². The Morgan fingerprint density at radius 2 is 1.79 bits per heavy atom. The summed E-state index contributed by atoms with van der Waals surface area (Å²) in [6.07, 6.45) is 0. The molecule has 2 N–H and O–H groups in total. The van der Waals surface area contributed by atoms with E-state index in [2.05, 4.69) is 0 Å². The van der Waals surface area contributed by atoms with Crippen LogP contribution in [0.25, 0.3) is 0 Å². The minimum Gasteiger partial charge on any atom is -0.497 e. The molecule has 0 aliphatic heterocycles. The van der Waals surface area contributed by atoms with Crippen LogP contribution in [0.5, 0.6) is 11.5 Å². The quantitative estimate of drug-likeness (QED) is 0.893. The van der Waals surface area contributed by atoms with E-state index in [9.17, 15) is 0 Å². The average Bonchev–Trinajstić information content (AvgIpc) is 2.45. The first-order valence-corrected chi connectivity index (χ1v) is 6.30. The summed E-state index contributed by atoms with van der Waals surface area (Å²) in [5.41, 5.74) is 8.00. The highest BCUT2D eigenvalue weighted by Gasteiger charge is 2.02. The van der Waals surface area contributed by atoms with Gasteiger partial charge in [0.2, 0.25) is 0 Å². The lowest BCUT2D eigenvalue weighted by Crippen LogP contribution is -2.05. The molecule has 0 aliphatic rings. The van der Waals surface area contributed by atoms with E-state index in [0.717, 1.165) is 22.6 Å². The zero-order valence-corrected chi connectivity index (χ0v) is 11.3. The lowest BCUT2D eigenvalue weighted by Gasteiger charge is -2.10. The first-order chi connectivity index (χ1) is 9.19. The molecule has 0 spiro atoms. The Bertz CT molecular complexity index is 538. The van der Waals surface area contributed by atoms with Crippen molar-refractivity contribution < 1.29 is 9.47 Å². The molecule has 19 heavy (non-hydrogen) atoms. The molecule has 0 heterocycles. The molecule has 0 bridgehead atoms. The zero-order chi connectivity index (χ0) is 13.7. The summed E-state index contributed by atoms with van der Waals surface area (Å²) in [6.45, 7) is 2.47. The third-order valence-corrected chi connectivity index (χ3v) is 2.92. The molecule has 1 atom stereocenters. The van der Waals surface area contributed by atoms with Crippen LogP contribution in [-0.4, -0.2) is 7.11 Å². The zero-order valence-electron chi connectivity index (χ0n) is 11.3. The van der Waals surface area contributed by atoms with E-state index in [1.165, 1.54) is 0 Å². The Morgan fingerprint density at radius 1 is 1.05 bits per heavy atom. The number of rotatable bonds is 5. The maximum atomic E-state index is 5.86. The highest BCUT2D eigenvalue weighted by Crippen LogP contribution is 2.19. The Labute approximate surface area is 114 Å². The Balaban J connectivity index is 2.03. The van der Waals surface area contributed by atoms with E-state index >= 15 is 0 Å². The van der Waals surface area contributed by atoms with Crippen molar-refractivity contribution in [3.05, 3.63) is 59.7 Å². The van der Waals surface area contributed by atoms with Crippen LogP contribution in [0.15, 0.2) is 48.5 Å². The predicted molar refractivity (Wildman–Crippen MR) is 76.4 cm³/mol. The predicted octanol–water partition coefficient (Wildman–Crippen LogP) is 3.29. The van der Waals surface area contributed by atoms with Crippen LogP contribution in [0.4, 0.5) is 0 Å². The van der Waals surface area contributed by atoms with Crippen molar-refractivity contribution in [2.75, 3.05) is 7.11 Å². The van der Waals surface area contributed by atoms with E-state index < -0.39 is 0 Å². The topological polar surface area (TPSA) is 44.5 Å². The molecule has 2 aromatic carbocycles. The molecular weight excluding hydrogens is 238 g/mol. The van der Waals surface area contributed by atoms with Gasteiger partial charge in [-0.2, -0.15) is 0 Å². The average molecular weight is 257 g/mol. The number of hydrogen-bond acceptors (Lipinski definition) is 3. The lowest BCUT2D eigenvalue weighted by molar-refractivity contribution is 0.304. The maximum absolute atomic E-state index is 5.86. The van der Waals surface area contributed by atoms with Crippen molar-refractivity contribution in [3.8, 4) is 11.5 Å². The van der Waals surface area contributed by atoms with Crippen LogP contribution in [0.1, 0.15) is 24.1 Å². The van der Waals surface area contributed by atoms with Crippen LogP contribution in [0, 0.1) is 0 Å². The molecule has 0 unspecified atom stereocenters. The lowest BCUT2D eigenvalue weighted by atomic mass is 10.1. The van der Waals surface area contributed by atoms with Gasteiger partial charge in [-0.25, -0.2) is 0 Å². The number of benzene rings is 2. The Hall–Kier alpha value is -2.00. The highest BCUT2D eigenvalue weighted by molar-refractivity contribution is 5.31. The Kier molecular flexibility index (Phi) is 4.42. The summed E-state index contributed by atoms with van der Waals surface area (Å²) < 4.78 is 11.0.